The third kappa shape index (κ3) is 4.44. The van der Waals surface area contributed by atoms with Crippen molar-refractivity contribution in [3.8, 4) is 0 Å². The van der Waals surface area contributed by atoms with Gasteiger partial charge in [-0.15, -0.1) is 0 Å². The lowest BCUT2D eigenvalue weighted by Crippen LogP contribution is -2.39. The molecule has 0 bridgehead atoms. The summed E-state index contributed by atoms with van der Waals surface area (Å²) in [6.07, 6.45) is 4.01. The van der Waals surface area contributed by atoms with Gasteiger partial charge < -0.3 is 4.74 Å². The first-order valence-electron chi connectivity index (χ1n) is 7.74. The molecule has 1 fully saturated rings. The van der Waals surface area contributed by atoms with Crippen molar-refractivity contribution >= 4 is 38.5 Å². The molecule has 0 heterocycles. The lowest BCUT2D eigenvalue weighted by molar-refractivity contribution is -0.110. The standard InChI is InChI=1S/C18H26BrIO/c1-13-9-14(11-17(2,3)10-13)21-18(4,12-20)15-7-5-6-8-16(15)19/h5-8,13-14H,9-12H2,1-4H3. The molecule has 0 amide bonds. The fourth-order valence-corrected chi connectivity index (χ4v) is 5.07. The molecule has 0 aromatic heterocycles. The highest BCUT2D eigenvalue weighted by atomic mass is 127. The molecule has 21 heavy (non-hydrogen) atoms. The third-order valence-corrected chi connectivity index (χ3v) is 6.62. The monoisotopic (exact) mass is 464 g/mol. The minimum atomic E-state index is -0.224. The first kappa shape index (κ1) is 17.7. The van der Waals surface area contributed by atoms with Gasteiger partial charge in [0.1, 0.15) is 5.60 Å². The predicted octanol–water partition coefficient (Wildman–Crippen LogP) is 6.33. The lowest BCUT2D eigenvalue weighted by Gasteiger charge is -2.43. The zero-order chi connectivity index (χ0) is 15.7. The van der Waals surface area contributed by atoms with Crippen LogP contribution in [0.15, 0.2) is 28.7 Å². The highest BCUT2D eigenvalue weighted by molar-refractivity contribution is 14.1. The second kappa shape index (κ2) is 6.88. The van der Waals surface area contributed by atoms with Crippen molar-refractivity contribution in [3.63, 3.8) is 0 Å². The van der Waals surface area contributed by atoms with Gasteiger partial charge in [-0.1, -0.05) is 77.5 Å². The maximum atomic E-state index is 6.66. The maximum absolute atomic E-state index is 6.66. The predicted molar refractivity (Wildman–Crippen MR) is 102 cm³/mol. The highest BCUT2D eigenvalue weighted by Crippen LogP contribution is 2.43. The van der Waals surface area contributed by atoms with E-state index < -0.39 is 0 Å². The Morgan fingerprint density at radius 1 is 1.33 bits per heavy atom. The largest absolute Gasteiger partial charge is 0.366 e. The van der Waals surface area contributed by atoms with Crippen LogP contribution in [0.2, 0.25) is 0 Å². The summed E-state index contributed by atoms with van der Waals surface area (Å²) in [4.78, 5) is 0. The Kier molecular flexibility index (Phi) is 5.81. The first-order valence-corrected chi connectivity index (χ1v) is 10.1. The Labute approximate surface area is 151 Å². The maximum Gasteiger partial charge on any atom is 0.101 e. The van der Waals surface area contributed by atoms with E-state index in [2.05, 4.69) is 90.5 Å². The molecule has 1 aromatic carbocycles. The van der Waals surface area contributed by atoms with E-state index in [1.54, 1.807) is 0 Å². The van der Waals surface area contributed by atoms with Gasteiger partial charge in [-0.2, -0.15) is 0 Å². The number of ether oxygens (including phenoxy) is 1. The van der Waals surface area contributed by atoms with Crippen molar-refractivity contribution in [2.24, 2.45) is 11.3 Å². The van der Waals surface area contributed by atoms with E-state index >= 15 is 0 Å². The van der Waals surface area contributed by atoms with Crippen LogP contribution in [-0.4, -0.2) is 10.5 Å². The van der Waals surface area contributed by atoms with Crippen molar-refractivity contribution in [3.05, 3.63) is 34.3 Å². The number of hydrogen-bond acceptors (Lipinski definition) is 1. The van der Waals surface area contributed by atoms with Gasteiger partial charge in [0.15, 0.2) is 0 Å². The lowest BCUT2D eigenvalue weighted by atomic mass is 9.71. The average Bonchev–Trinajstić information content (AvgIpc) is 2.36. The van der Waals surface area contributed by atoms with Gasteiger partial charge in [-0.3, -0.25) is 0 Å². The van der Waals surface area contributed by atoms with Gasteiger partial charge in [-0.25, -0.2) is 0 Å². The normalized spacial score (nSPS) is 28.1. The number of alkyl halides is 1. The topological polar surface area (TPSA) is 9.23 Å². The van der Waals surface area contributed by atoms with Crippen LogP contribution in [0.4, 0.5) is 0 Å². The van der Waals surface area contributed by atoms with Crippen LogP contribution >= 0.6 is 38.5 Å². The molecule has 1 aliphatic carbocycles. The number of rotatable bonds is 4. The molecule has 0 saturated heterocycles. The number of hydrogen-bond donors (Lipinski definition) is 0. The van der Waals surface area contributed by atoms with E-state index in [1.807, 2.05) is 0 Å². The van der Waals surface area contributed by atoms with Gasteiger partial charge >= 0.3 is 0 Å². The van der Waals surface area contributed by atoms with Crippen LogP contribution in [-0.2, 0) is 10.3 Å². The van der Waals surface area contributed by atoms with Gasteiger partial charge in [0.25, 0.3) is 0 Å². The first-order chi connectivity index (χ1) is 9.76. The Balaban J connectivity index is 2.20. The van der Waals surface area contributed by atoms with E-state index in [4.69, 9.17) is 4.74 Å². The van der Waals surface area contributed by atoms with Crippen molar-refractivity contribution in [2.45, 2.75) is 58.7 Å². The quantitative estimate of drug-likeness (QED) is 0.373. The molecule has 118 valence electrons. The van der Waals surface area contributed by atoms with Gasteiger partial charge in [0.05, 0.1) is 6.10 Å². The summed E-state index contributed by atoms with van der Waals surface area (Å²) in [5.41, 5.74) is 1.43. The molecule has 0 aliphatic heterocycles. The summed E-state index contributed by atoms with van der Waals surface area (Å²) in [6, 6.07) is 8.45. The van der Waals surface area contributed by atoms with E-state index in [1.165, 1.54) is 18.4 Å². The summed E-state index contributed by atoms with van der Waals surface area (Å²) >= 11 is 6.14. The Bertz CT molecular complexity index is 488. The second-order valence-electron chi connectivity index (χ2n) is 7.50. The molecular formula is C18H26BrIO. The third-order valence-electron chi connectivity index (χ3n) is 4.47. The van der Waals surface area contributed by atoms with Crippen LogP contribution < -0.4 is 0 Å². The Morgan fingerprint density at radius 3 is 2.57 bits per heavy atom. The fourth-order valence-electron chi connectivity index (χ4n) is 3.77. The molecular weight excluding hydrogens is 439 g/mol. The smallest absolute Gasteiger partial charge is 0.101 e. The van der Waals surface area contributed by atoms with Gasteiger partial charge in [0, 0.05) is 8.90 Å². The molecule has 3 unspecified atom stereocenters. The zero-order valence-corrected chi connectivity index (χ0v) is 17.2. The summed E-state index contributed by atoms with van der Waals surface area (Å²) in [7, 11) is 0. The van der Waals surface area contributed by atoms with Crippen molar-refractivity contribution in [1.82, 2.24) is 0 Å². The number of halogens is 2. The number of benzene rings is 1. The van der Waals surface area contributed by atoms with Crippen LogP contribution in [0.3, 0.4) is 0 Å². The second-order valence-corrected chi connectivity index (χ2v) is 9.11. The molecule has 0 spiro atoms. The molecule has 2 rings (SSSR count). The summed E-state index contributed by atoms with van der Waals surface area (Å²) in [5.74, 6) is 0.747. The molecule has 1 nitrogen and oxygen atoms in total. The Hall–Kier alpha value is 0.390. The van der Waals surface area contributed by atoms with Crippen molar-refractivity contribution in [2.75, 3.05) is 4.43 Å². The average molecular weight is 465 g/mol. The van der Waals surface area contributed by atoms with Crippen molar-refractivity contribution in [1.29, 1.82) is 0 Å². The molecule has 1 aromatic rings. The van der Waals surface area contributed by atoms with Crippen LogP contribution in [0.5, 0.6) is 0 Å². The Morgan fingerprint density at radius 2 is 2.00 bits per heavy atom. The molecule has 3 heteroatoms. The van der Waals surface area contributed by atoms with E-state index in [-0.39, 0.29) is 5.60 Å². The highest BCUT2D eigenvalue weighted by Gasteiger charge is 2.38. The zero-order valence-electron chi connectivity index (χ0n) is 13.5. The van der Waals surface area contributed by atoms with Crippen LogP contribution in [0.1, 0.15) is 52.5 Å². The molecule has 1 aliphatic rings. The van der Waals surface area contributed by atoms with Gasteiger partial charge in [-0.05, 0) is 49.1 Å². The van der Waals surface area contributed by atoms with E-state index in [0.717, 1.165) is 21.2 Å². The van der Waals surface area contributed by atoms with Gasteiger partial charge in [0.2, 0.25) is 0 Å². The summed E-state index contributed by atoms with van der Waals surface area (Å²) < 4.78 is 8.77. The molecule has 0 radical (unpaired) electrons. The molecule has 3 atom stereocenters. The van der Waals surface area contributed by atoms with Crippen molar-refractivity contribution < 1.29 is 4.74 Å². The SMILES string of the molecule is CC1CC(OC(C)(CI)c2ccccc2Br)CC(C)(C)C1. The molecule has 0 N–H and O–H groups in total. The fraction of sp³-hybridized carbons (Fsp3) is 0.667. The van der Waals surface area contributed by atoms with E-state index in [9.17, 15) is 0 Å². The molecule has 1 saturated carbocycles. The van der Waals surface area contributed by atoms with Crippen LogP contribution in [0.25, 0.3) is 0 Å². The minimum absolute atomic E-state index is 0.224. The minimum Gasteiger partial charge on any atom is -0.366 e. The summed E-state index contributed by atoms with van der Waals surface area (Å²) in [6.45, 7) is 9.33. The van der Waals surface area contributed by atoms with E-state index in [0.29, 0.717) is 11.5 Å². The van der Waals surface area contributed by atoms with Crippen LogP contribution in [0, 0.1) is 11.3 Å². The summed E-state index contributed by atoms with van der Waals surface area (Å²) in [5, 5.41) is 0.